The minimum atomic E-state index is -0.656. The summed E-state index contributed by atoms with van der Waals surface area (Å²) in [7, 11) is 0. The third-order valence-corrected chi connectivity index (χ3v) is 2.54. The second-order valence-corrected chi connectivity index (χ2v) is 6.00. The molecular formula is C12H21ClN2O4. The van der Waals surface area contributed by atoms with Crippen molar-refractivity contribution in [2.45, 2.75) is 38.9 Å². The van der Waals surface area contributed by atoms with Crippen molar-refractivity contribution in [3.63, 3.8) is 0 Å². The summed E-state index contributed by atoms with van der Waals surface area (Å²) < 4.78 is 10.2. The van der Waals surface area contributed by atoms with Crippen molar-refractivity contribution in [3.8, 4) is 0 Å². The van der Waals surface area contributed by atoms with Crippen LogP contribution in [0.4, 0.5) is 9.59 Å². The molecule has 1 rings (SSSR count). The number of piperazine rings is 1. The van der Waals surface area contributed by atoms with Crippen LogP contribution in [-0.4, -0.2) is 59.3 Å². The lowest BCUT2D eigenvalue weighted by molar-refractivity contribution is 0.0125. The molecule has 1 aliphatic heterocycles. The fourth-order valence-electron chi connectivity index (χ4n) is 1.61. The van der Waals surface area contributed by atoms with Crippen LogP contribution in [0.3, 0.4) is 0 Å². The van der Waals surface area contributed by atoms with E-state index in [2.05, 4.69) is 0 Å². The van der Waals surface area contributed by atoms with Crippen LogP contribution in [0.1, 0.15) is 27.7 Å². The molecule has 0 saturated carbocycles. The summed E-state index contributed by atoms with van der Waals surface area (Å²) in [5.41, 5.74) is -1.17. The Balaban J connectivity index is 2.40. The topological polar surface area (TPSA) is 59.1 Å². The number of carbonyl (C=O) groups excluding carboxylic acids is 2. The molecule has 1 atom stereocenters. The van der Waals surface area contributed by atoms with Crippen molar-refractivity contribution in [1.29, 1.82) is 0 Å². The predicted octanol–water partition coefficient (Wildman–Crippen LogP) is 2.26. The van der Waals surface area contributed by atoms with E-state index in [1.807, 2.05) is 20.8 Å². The average Bonchev–Trinajstić information content (AvgIpc) is 2.26. The van der Waals surface area contributed by atoms with Crippen molar-refractivity contribution >= 4 is 23.8 Å². The molecule has 0 radical (unpaired) electrons. The maximum atomic E-state index is 11.8. The summed E-state index contributed by atoms with van der Waals surface area (Å²) in [6.07, 6.45) is -0.808. The maximum Gasteiger partial charge on any atom is 0.411 e. The van der Waals surface area contributed by atoms with Gasteiger partial charge in [-0.1, -0.05) is 11.6 Å². The van der Waals surface area contributed by atoms with Crippen LogP contribution in [0, 0.1) is 0 Å². The quantitative estimate of drug-likeness (QED) is 0.696. The lowest BCUT2D eigenvalue weighted by Gasteiger charge is -2.35. The van der Waals surface area contributed by atoms with Crippen LogP contribution in [0.15, 0.2) is 0 Å². The van der Waals surface area contributed by atoms with E-state index in [-0.39, 0.29) is 6.09 Å². The van der Waals surface area contributed by atoms with Crippen LogP contribution < -0.4 is 0 Å². The lowest BCUT2D eigenvalue weighted by Crippen LogP contribution is -2.51. The molecule has 2 amide bonds. The zero-order chi connectivity index (χ0) is 14.6. The lowest BCUT2D eigenvalue weighted by atomic mass is 10.2. The van der Waals surface area contributed by atoms with Crippen LogP contribution in [0.25, 0.3) is 0 Å². The zero-order valence-electron chi connectivity index (χ0n) is 11.8. The van der Waals surface area contributed by atoms with Gasteiger partial charge in [-0.05, 0) is 27.7 Å². The monoisotopic (exact) mass is 292 g/mol. The first-order chi connectivity index (χ1) is 8.69. The van der Waals surface area contributed by atoms with Gasteiger partial charge in [0, 0.05) is 26.2 Å². The van der Waals surface area contributed by atoms with E-state index in [0.29, 0.717) is 26.2 Å². The second kappa shape index (κ2) is 6.32. The van der Waals surface area contributed by atoms with Crippen molar-refractivity contribution < 1.29 is 19.1 Å². The van der Waals surface area contributed by atoms with E-state index in [4.69, 9.17) is 21.1 Å². The summed E-state index contributed by atoms with van der Waals surface area (Å²) in [6.45, 7) is 8.74. The van der Waals surface area contributed by atoms with Crippen LogP contribution in [0.5, 0.6) is 0 Å². The molecule has 0 aromatic heterocycles. The molecule has 0 N–H and O–H groups in total. The number of hydrogen-bond donors (Lipinski definition) is 0. The van der Waals surface area contributed by atoms with Gasteiger partial charge in [-0.15, -0.1) is 0 Å². The van der Waals surface area contributed by atoms with Gasteiger partial charge in [-0.3, -0.25) is 0 Å². The molecule has 1 unspecified atom stereocenters. The SMILES string of the molecule is CC(Cl)OC(=O)N1CCN(C(=O)OC(C)(C)C)CC1. The Bertz CT molecular complexity index is 333. The van der Waals surface area contributed by atoms with Gasteiger partial charge in [-0.2, -0.15) is 0 Å². The molecular weight excluding hydrogens is 272 g/mol. The molecule has 6 nitrogen and oxygen atoms in total. The first-order valence-corrected chi connectivity index (χ1v) is 6.70. The minimum absolute atomic E-state index is 0.355. The van der Waals surface area contributed by atoms with Crippen molar-refractivity contribution in [1.82, 2.24) is 9.80 Å². The Morgan fingerprint density at radius 2 is 1.47 bits per heavy atom. The summed E-state index contributed by atoms with van der Waals surface area (Å²) in [5.74, 6) is 0. The Morgan fingerprint density at radius 3 is 1.84 bits per heavy atom. The van der Waals surface area contributed by atoms with E-state index in [9.17, 15) is 9.59 Å². The van der Waals surface area contributed by atoms with Gasteiger partial charge in [0.05, 0.1) is 0 Å². The highest BCUT2D eigenvalue weighted by atomic mass is 35.5. The molecule has 1 aliphatic rings. The fourth-order valence-corrected chi connectivity index (χ4v) is 1.69. The van der Waals surface area contributed by atoms with Gasteiger partial charge < -0.3 is 19.3 Å². The number of rotatable bonds is 1. The zero-order valence-corrected chi connectivity index (χ0v) is 12.6. The van der Waals surface area contributed by atoms with Gasteiger partial charge in [0.15, 0.2) is 5.56 Å². The molecule has 0 aromatic rings. The number of alkyl halides is 1. The Kier molecular flexibility index (Phi) is 5.29. The third kappa shape index (κ3) is 5.55. The van der Waals surface area contributed by atoms with E-state index in [1.54, 1.807) is 11.8 Å². The molecule has 0 bridgehead atoms. The van der Waals surface area contributed by atoms with Crippen LogP contribution in [-0.2, 0) is 9.47 Å². The predicted molar refractivity (Wildman–Crippen MR) is 71.2 cm³/mol. The van der Waals surface area contributed by atoms with Crippen molar-refractivity contribution in [2.24, 2.45) is 0 Å². The van der Waals surface area contributed by atoms with Crippen LogP contribution in [0.2, 0.25) is 0 Å². The number of nitrogens with zero attached hydrogens (tertiary/aromatic N) is 2. The summed E-state index contributed by atoms with van der Waals surface area (Å²) >= 11 is 5.59. The molecule has 1 heterocycles. The number of carbonyl (C=O) groups is 2. The molecule has 0 aliphatic carbocycles. The average molecular weight is 293 g/mol. The van der Waals surface area contributed by atoms with Gasteiger partial charge in [0.2, 0.25) is 0 Å². The third-order valence-electron chi connectivity index (χ3n) is 2.45. The van der Waals surface area contributed by atoms with E-state index in [0.717, 1.165) is 0 Å². The molecule has 19 heavy (non-hydrogen) atoms. The largest absolute Gasteiger partial charge is 0.444 e. The van der Waals surface area contributed by atoms with Gasteiger partial charge in [0.1, 0.15) is 5.60 Å². The van der Waals surface area contributed by atoms with E-state index in [1.165, 1.54) is 4.90 Å². The van der Waals surface area contributed by atoms with Crippen molar-refractivity contribution in [2.75, 3.05) is 26.2 Å². The highest BCUT2D eigenvalue weighted by molar-refractivity contribution is 6.19. The van der Waals surface area contributed by atoms with Crippen molar-refractivity contribution in [3.05, 3.63) is 0 Å². The molecule has 1 saturated heterocycles. The highest BCUT2D eigenvalue weighted by Crippen LogP contribution is 2.12. The van der Waals surface area contributed by atoms with E-state index < -0.39 is 17.3 Å². The molecule has 0 aromatic carbocycles. The first-order valence-electron chi connectivity index (χ1n) is 6.26. The number of amides is 2. The molecule has 0 spiro atoms. The summed E-state index contributed by atoms with van der Waals surface area (Å²) in [5, 5.41) is 0. The van der Waals surface area contributed by atoms with E-state index >= 15 is 0 Å². The standard InChI is InChI=1S/C12H21ClN2O4/c1-9(13)18-10(16)14-5-7-15(8-6-14)11(17)19-12(2,3)4/h9H,5-8H2,1-4H3. The van der Waals surface area contributed by atoms with Gasteiger partial charge in [0.25, 0.3) is 0 Å². The second-order valence-electron chi connectivity index (χ2n) is 5.38. The highest BCUT2D eigenvalue weighted by Gasteiger charge is 2.28. The molecule has 1 fully saturated rings. The summed E-state index contributed by atoms with van der Waals surface area (Å²) in [6, 6.07) is 0. The number of hydrogen-bond acceptors (Lipinski definition) is 4. The Hall–Kier alpha value is -1.17. The molecule has 7 heteroatoms. The van der Waals surface area contributed by atoms with Gasteiger partial charge in [-0.25, -0.2) is 9.59 Å². The Labute approximate surface area is 118 Å². The minimum Gasteiger partial charge on any atom is -0.444 e. The molecule has 110 valence electrons. The maximum absolute atomic E-state index is 11.8. The normalized spacial score (nSPS) is 17.9. The fraction of sp³-hybridized carbons (Fsp3) is 0.833. The van der Waals surface area contributed by atoms with Crippen LogP contribution >= 0.6 is 11.6 Å². The smallest absolute Gasteiger partial charge is 0.411 e. The Morgan fingerprint density at radius 1 is 1.05 bits per heavy atom. The summed E-state index contributed by atoms with van der Waals surface area (Å²) in [4.78, 5) is 26.5. The number of halogens is 1. The first kappa shape index (κ1) is 15.9. The number of ether oxygens (including phenoxy) is 2. The van der Waals surface area contributed by atoms with Gasteiger partial charge >= 0.3 is 12.2 Å².